The SMILES string of the molecule is Cn1ccnc1C(=O)[C@@H]1CCCN(C(=O)CCc2nnc(-c3ccsc3)o2)C1. The zero-order chi connectivity index (χ0) is 19.5. The van der Waals surface area contributed by atoms with Gasteiger partial charge in [0, 0.05) is 62.2 Å². The lowest BCUT2D eigenvalue weighted by Crippen LogP contribution is -2.42. The molecule has 1 fully saturated rings. The Balaban J connectivity index is 1.33. The van der Waals surface area contributed by atoms with E-state index in [1.165, 1.54) is 0 Å². The highest BCUT2D eigenvalue weighted by Gasteiger charge is 2.30. The fourth-order valence-electron chi connectivity index (χ4n) is 3.43. The van der Waals surface area contributed by atoms with Crippen molar-refractivity contribution in [3.05, 3.63) is 40.9 Å². The van der Waals surface area contributed by atoms with E-state index in [4.69, 9.17) is 4.42 Å². The van der Waals surface area contributed by atoms with Crippen molar-refractivity contribution in [3.63, 3.8) is 0 Å². The Morgan fingerprint density at radius 2 is 2.25 bits per heavy atom. The van der Waals surface area contributed by atoms with E-state index in [0.29, 0.717) is 37.1 Å². The van der Waals surface area contributed by atoms with E-state index in [2.05, 4.69) is 15.2 Å². The summed E-state index contributed by atoms with van der Waals surface area (Å²) in [6.07, 6.45) is 5.65. The van der Waals surface area contributed by atoms with Gasteiger partial charge in [0.05, 0.1) is 0 Å². The third kappa shape index (κ3) is 3.89. The average Bonchev–Trinajstić information content (AvgIpc) is 3.47. The lowest BCUT2D eigenvalue weighted by Gasteiger charge is -2.31. The molecule has 1 amide bonds. The summed E-state index contributed by atoms with van der Waals surface area (Å²) in [6.45, 7) is 1.11. The molecule has 4 heterocycles. The Hall–Kier alpha value is -2.81. The molecule has 0 radical (unpaired) electrons. The third-order valence-electron chi connectivity index (χ3n) is 4.97. The van der Waals surface area contributed by atoms with Crippen molar-refractivity contribution in [2.24, 2.45) is 13.0 Å². The van der Waals surface area contributed by atoms with Crippen molar-refractivity contribution in [3.8, 4) is 11.5 Å². The summed E-state index contributed by atoms with van der Waals surface area (Å²) < 4.78 is 7.36. The molecule has 9 heteroatoms. The van der Waals surface area contributed by atoms with Crippen LogP contribution in [0, 0.1) is 5.92 Å². The Kier molecular flexibility index (Phi) is 5.34. The molecular formula is C19H21N5O3S. The molecule has 28 heavy (non-hydrogen) atoms. The summed E-state index contributed by atoms with van der Waals surface area (Å²) in [5, 5.41) is 11.9. The Morgan fingerprint density at radius 3 is 3.00 bits per heavy atom. The number of likely N-dealkylation sites (tertiary alicyclic amines) is 1. The molecule has 0 aromatic carbocycles. The number of carbonyl (C=O) groups is 2. The van der Waals surface area contributed by atoms with Gasteiger partial charge >= 0.3 is 0 Å². The minimum Gasteiger partial charge on any atom is -0.421 e. The first kappa shape index (κ1) is 18.5. The maximum absolute atomic E-state index is 12.7. The van der Waals surface area contributed by atoms with Crippen LogP contribution in [0.4, 0.5) is 0 Å². The van der Waals surface area contributed by atoms with Gasteiger partial charge in [0.1, 0.15) is 0 Å². The first-order valence-corrected chi connectivity index (χ1v) is 10.2. The summed E-state index contributed by atoms with van der Waals surface area (Å²) in [6, 6.07) is 1.92. The topological polar surface area (TPSA) is 94.1 Å². The molecule has 146 valence electrons. The molecule has 0 aliphatic carbocycles. The summed E-state index contributed by atoms with van der Waals surface area (Å²) in [7, 11) is 1.81. The van der Waals surface area contributed by atoms with Gasteiger partial charge < -0.3 is 13.9 Å². The number of imidazole rings is 1. The van der Waals surface area contributed by atoms with Crippen molar-refractivity contribution < 1.29 is 14.0 Å². The normalized spacial score (nSPS) is 17.0. The largest absolute Gasteiger partial charge is 0.421 e. The van der Waals surface area contributed by atoms with Gasteiger partial charge in [0.2, 0.25) is 23.5 Å². The molecule has 1 saturated heterocycles. The van der Waals surface area contributed by atoms with Gasteiger partial charge in [-0.3, -0.25) is 9.59 Å². The minimum atomic E-state index is -0.201. The highest BCUT2D eigenvalue weighted by Crippen LogP contribution is 2.23. The number of nitrogens with zero attached hydrogens (tertiary/aromatic N) is 5. The number of piperidine rings is 1. The number of hydrogen-bond donors (Lipinski definition) is 0. The molecular weight excluding hydrogens is 378 g/mol. The maximum atomic E-state index is 12.7. The third-order valence-corrected chi connectivity index (χ3v) is 5.66. The van der Waals surface area contributed by atoms with Crippen molar-refractivity contribution in [2.45, 2.75) is 25.7 Å². The second-order valence-electron chi connectivity index (χ2n) is 6.92. The van der Waals surface area contributed by atoms with Gasteiger partial charge in [0.15, 0.2) is 5.82 Å². The first-order valence-electron chi connectivity index (χ1n) is 9.26. The van der Waals surface area contributed by atoms with Crippen LogP contribution in [0.15, 0.2) is 33.6 Å². The van der Waals surface area contributed by atoms with E-state index in [9.17, 15) is 9.59 Å². The van der Waals surface area contributed by atoms with Crippen LogP contribution >= 0.6 is 11.3 Å². The molecule has 0 bridgehead atoms. The molecule has 0 saturated carbocycles. The van der Waals surface area contributed by atoms with Crippen molar-refractivity contribution in [2.75, 3.05) is 13.1 Å². The highest BCUT2D eigenvalue weighted by atomic mass is 32.1. The van der Waals surface area contributed by atoms with E-state index in [-0.39, 0.29) is 24.0 Å². The van der Waals surface area contributed by atoms with Gasteiger partial charge in [-0.25, -0.2) is 4.98 Å². The molecule has 0 N–H and O–H groups in total. The van der Waals surface area contributed by atoms with Crippen molar-refractivity contribution >= 4 is 23.0 Å². The lowest BCUT2D eigenvalue weighted by molar-refractivity contribution is -0.132. The zero-order valence-electron chi connectivity index (χ0n) is 15.6. The molecule has 8 nitrogen and oxygen atoms in total. The average molecular weight is 399 g/mol. The van der Waals surface area contributed by atoms with Gasteiger partial charge in [-0.05, 0) is 24.3 Å². The molecule has 3 aromatic heterocycles. The monoisotopic (exact) mass is 399 g/mol. The summed E-state index contributed by atoms with van der Waals surface area (Å²) in [5.74, 6) is 1.18. The van der Waals surface area contributed by atoms with Crippen LogP contribution in [0.3, 0.4) is 0 Å². The Morgan fingerprint density at radius 1 is 1.36 bits per heavy atom. The van der Waals surface area contributed by atoms with Crippen LogP contribution in [0.5, 0.6) is 0 Å². The standard InChI is InChI=1S/C19H21N5O3S/c1-23-9-7-20-18(23)17(26)13-3-2-8-24(11-13)16(25)5-4-15-21-22-19(27-15)14-6-10-28-12-14/h6-7,9-10,12-13H,2-5,8,11H2,1H3/t13-/m1/s1. The quantitative estimate of drug-likeness (QED) is 0.592. The predicted octanol–water partition coefficient (Wildman–Crippen LogP) is 2.59. The molecule has 1 aliphatic heterocycles. The maximum Gasteiger partial charge on any atom is 0.248 e. The Labute approximate surface area is 166 Å². The molecule has 3 aromatic rings. The second kappa shape index (κ2) is 8.05. The van der Waals surface area contributed by atoms with Crippen LogP contribution in [0.1, 0.15) is 35.8 Å². The van der Waals surface area contributed by atoms with Crippen molar-refractivity contribution in [1.29, 1.82) is 0 Å². The lowest BCUT2D eigenvalue weighted by atomic mass is 9.93. The van der Waals surface area contributed by atoms with E-state index in [0.717, 1.165) is 18.4 Å². The smallest absolute Gasteiger partial charge is 0.248 e. The van der Waals surface area contributed by atoms with Crippen molar-refractivity contribution in [1.82, 2.24) is 24.6 Å². The fraction of sp³-hybridized carbons (Fsp3) is 0.421. The summed E-state index contributed by atoms with van der Waals surface area (Å²) in [4.78, 5) is 31.2. The van der Waals surface area contributed by atoms with Gasteiger partial charge in [-0.2, -0.15) is 11.3 Å². The number of Topliss-reactive ketones (excluding diaryl/α,β-unsaturated/α-hetero) is 1. The minimum absolute atomic E-state index is 0.00214. The van der Waals surface area contributed by atoms with Gasteiger partial charge in [0.25, 0.3) is 0 Å². The number of amides is 1. The number of hydrogen-bond acceptors (Lipinski definition) is 7. The number of ketones is 1. The van der Waals surface area contributed by atoms with E-state index in [1.54, 1.807) is 40.2 Å². The van der Waals surface area contributed by atoms with Gasteiger partial charge in [-0.15, -0.1) is 10.2 Å². The number of aryl methyl sites for hydroxylation is 2. The van der Waals surface area contributed by atoms with Gasteiger partial charge in [-0.1, -0.05) is 0 Å². The fourth-order valence-corrected chi connectivity index (χ4v) is 4.06. The van der Waals surface area contributed by atoms with Crippen LogP contribution in [-0.4, -0.2) is 49.4 Å². The van der Waals surface area contributed by atoms with Crippen LogP contribution in [-0.2, 0) is 18.3 Å². The van der Waals surface area contributed by atoms with E-state index >= 15 is 0 Å². The predicted molar refractivity (Wildman–Crippen MR) is 103 cm³/mol. The number of carbonyl (C=O) groups excluding carboxylic acids is 2. The number of aromatic nitrogens is 4. The molecule has 1 aliphatic rings. The van der Waals surface area contributed by atoms with Crippen LogP contribution in [0.25, 0.3) is 11.5 Å². The van der Waals surface area contributed by atoms with Crippen LogP contribution in [0.2, 0.25) is 0 Å². The number of rotatable bonds is 6. The Bertz CT molecular complexity index is 962. The summed E-state index contributed by atoms with van der Waals surface area (Å²) >= 11 is 1.56. The second-order valence-corrected chi connectivity index (χ2v) is 7.70. The van der Waals surface area contributed by atoms with E-state index in [1.807, 2.05) is 16.8 Å². The molecule has 0 unspecified atom stereocenters. The number of thiophene rings is 1. The van der Waals surface area contributed by atoms with Crippen LogP contribution < -0.4 is 0 Å². The first-order chi connectivity index (χ1) is 13.6. The molecule has 1 atom stereocenters. The molecule has 4 rings (SSSR count). The summed E-state index contributed by atoms with van der Waals surface area (Å²) in [5.41, 5.74) is 0.891. The zero-order valence-corrected chi connectivity index (χ0v) is 16.4. The van der Waals surface area contributed by atoms with E-state index < -0.39 is 0 Å². The molecule has 0 spiro atoms. The highest BCUT2D eigenvalue weighted by molar-refractivity contribution is 7.08.